The van der Waals surface area contributed by atoms with Crippen LogP contribution >= 0.6 is 0 Å². The average molecular weight is 420 g/mol. The standard InChI is InChI=1S/C20H22F2N4O4/c1-11-8-14(13(3)26(11)16-9-12(2)30-24-16)15(27)10-25-17(28)19(23-18(25)29)4-6-20(21,22)7-5-19/h8-9H,4-7,10H2,1-3H3,(H,23,29). The molecule has 0 bridgehead atoms. The van der Waals surface area contributed by atoms with Crippen molar-refractivity contribution in [3.8, 4) is 5.82 Å². The summed E-state index contributed by atoms with van der Waals surface area (Å²) in [5.41, 5.74) is 0.357. The fraction of sp³-hybridized carbons (Fsp3) is 0.500. The van der Waals surface area contributed by atoms with E-state index < -0.39 is 48.6 Å². The Kier molecular flexibility index (Phi) is 4.55. The molecule has 0 unspecified atom stereocenters. The molecule has 3 amide bonds. The van der Waals surface area contributed by atoms with Gasteiger partial charge < -0.3 is 9.84 Å². The third-order valence-corrected chi connectivity index (χ3v) is 5.96. The number of amides is 3. The molecule has 2 aromatic heterocycles. The van der Waals surface area contributed by atoms with E-state index in [1.165, 1.54) is 0 Å². The van der Waals surface area contributed by atoms with E-state index in [2.05, 4.69) is 10.5 Å². The minimum absolute atomic E-state index is 0.144. The first-order valence-electron chi connectivity index (χ1n) is 9.71. The van der Waals surface area contributed by atoms with Crippen LogP contribution in [-0.4, -0.2) is 50.4 Å². The van der Waals surface area contributed by atoms with Crippen LogP contribution in [0.15, 0.2) is 16.7 Å². The van der Waals surface area contributed by atoms with Gasteiger partial charge in [-0.3, -0.25) is 19.1 Å². The normalized spacial score (nSPS) is 20.1. The molecule has 0 aromatic carbocycles. The van der Waals surface area contributed by atoms with Gasteiger partial charge in [0.15, 0.2) is 11.6 Å². The second-order valence-corrected chi connectivity index (χ2v) is 8.10. The lowest BCUT2D eigenvalue weighted by Crippen LogP contribution is -2.51. The Morgan fingerprint density at radius 1 is 1.17 bits per heavy atom. The number of hydrogen-bond donors (Lipinski definition) is 1. The topological polar surface area (TPSA) is 97.4 Å². The third-order valence-electron chi connectivity index (χ3n) is 5.96. The summed E-state index contributed by atoms with van der Waals surface area (Å²) in [6.07, 6.45) is -1.23. The van der Waals surface area contributed by atoms with Gasteiger partial charge in [-0.25, -0.2) is 13.6 Å². The van der Waals surface area contributed by atoms with Crippen molar-refractivity contribution in [3.63, 3.8) is 0 Å². The summed E-state index contributed by atoms with van der Waals surface area (Å²) in [5, 5.41) is 6.51. The minimum atomic E-state index is -2.84. The molecule has 0 atom stereocenters. The third kappa shape index (κ3) is 3.20. The molecule has 1 aliphatic heterocycles. The summed E-state index contributed by atoms with van der Waals surface area (Å²) in [6, 6.07) is 2.67. The van der Waals surface area contributed by atoms with Gasteiger partial charge in [0.25, 0.3) is 5.91 Å². The monoisotopic (exact) mass is 420 g/mol. The zero-order valence-corrected chi connectivity index (χ0v) is 16.9. The number of urea groups is 1. The molecule has 2 fully saturated rings. The first kappa shape index (κ1) is 20.2. The SMILES string of the molecule is Cc1cc(-n2c(C)cc(C(=O)CN3C(=O)NC4(CCC(F)(F)CC4)C3=O)c2C)no1. The highest BCUT2D eigenvalue weighted by Gasteiger charge is 2.55. The highest BCUT2D eigenvalue weighted by Crippen LogP contribution is 2.41. The van der Waals surface area contributed by atoms with Crippen LogP contribution in [0.3, 0.4) is 0 Å². The molecule has 0 radical (unpaired) electrons. The fourth-order valence-corrected chi connectivity index (χ4v) is 4.29. The maximum atomic E-state index is 13.5. The van der Waals surface area contributed by atoms with Gasteiger partial charge >= 0.3 is 6.03 Å². The lowest BCUT2D eigenvalue weighted by Gasteiger charge is -2.34. The molecule has 30 heavy (non-hydrogen) atoms. The second-order valence-electron chi connectivity index (χ2n) is 8.10. The van der Waals surface area contributed by atoms with Crippen LogP contribution in [0.5, 0.6) is 0 Å². The number of alkyl halides is 2. The number of rotatable bonds is 4. The number of Topliss-reactive ketones (excluding diaryl/α,β-unsaturated/α-hetero) is 1. The van der Waals surface area contributed by atoms with E-state index >= 15 is 0 Å². The molecule has 1 saturated carbocycles. The van der Waals surface area contributed by atoms with Gasteiger partial charge in [0.1, 0.15) is 11.3 Å². The van der Waals surface area contributed by atoms with Gasteiger partial charge in [0.2, 0.25) is 5.92 Å². The molecule has 10 heteroatoms. The van der Waals surface area contributed by atoms with Crippen LogP contribution in [0.4, 0.5) is 13.6 Å². The molecule has 160 valence electrons. The zero-order valence-electron chi connectivity index (χ0n) is 16.9. The van der Waals surface area contributed by atoms with Crippen molar-refractivity contribution < 1.29 is 27.7 Å². The summed E-state index contributed by atoms with van der Waals surface area (Å²) in [5.74, 6) is -2.73. The van der Waals surface area contributed by atoms with Crippen molar-refractivity contribution in [2.75, 3.05) is 6.54 Å². The van der Waals surface area contributed by atoms with Crippen LogP contribution in [-0.2, 0) is 4.79 Å². The maximum absolute atomic E-state index is 13.5. The van der Waals surface area contributed by atoms with Gasteiger partial charge in [-0.2, -0.15) is 0 Å². The summed E-state index contributed by atoms with van der Waals surface area (Å²) in [4.78, 5) is 39.0. The van der Waals surface area contributed by atoms with Crippen molar-refractivity contribution in [2.45, 2.75) is 57.9 Å². The molecular formula is C20H22F2N4O4. The van der Waals surface area contributed by atoms with Crippen LogP contribution in [0.2, 0.25) is 0 Å². The number of carbonyl (C=O) groups excluding carboxylic acids is 3. The Morgan fingerprint density at radius 2 is 1.83 bits per heavy atom. The van der Waals surface area contributed by atoms with E-state index in [-0.39, 0.29) is 12.8 Å². The molecule has 1 saturated heterocycles. The number of imide groups is 1. The Bertz CT molecular complexity index is 1050. The Hall–Kier alpha value is -3.04. The smallest absolute Gasteiger partial charge is 0.325 e. The second kappa shape index (κ2) is 6.75. The highest BCUT2D eigenvalue weighted by molar-refractivity contribution is 6.11. The van der Waals surface area contributed by atoms with E-state index in [0.717, 1.165) is 10.6 Å². The van der Waals surface area contributed by atoms with Gasteiger partial charge in [0, 0.05) is 35.9 Å². The molecule has 8 nitrogen and oxygen atoms in total. The lowest BCUT2D eigenvalue weighted by atomic mass is 9.80. The van der Waals surface area contributed by atoms with Crippen molar-refractivity contribution >= 4 is 17.7 Å². The molecular weight excluding hydrogens is 398 g/mol. The van der Waals surface area contributed by atoms with E-state index in [4.69, 9.17) is 4.52 Å². The summed E-state index contributed by atoms with van der Waals surface area (Å²) >= 11 is 0. The Morgan fingerprint density at radius 3 is 2.43 bits per heavy atom. The molecule has 3 heterocycles. The lowest BCUT2D eigenvalue weighted by molar-refractivity contribution is -0.135. The van der Waals surface area contributed by atoms with Crippen LogP contribution < -0.4 is 5.32 Å². The number of aromatic nitrogens is 2. The maximum Gasteiger partial charge on any atom is 0.325 e. The van der Waals surface area contributed by atoms with Gasteiger partial charge in [-0.05, 0) is 39.7 Å². The predicted octanol–water partition coefficient (Wildman–Crippen LogP) is 3.07. The molecule has 4 rings (SSSR count). The van der Waals surface area contributed by atoms with Crippen LogP contribution in [0, 0.1) is 20.8 Å². The first-order valence-corrected chi connectivity index (χ1v) is 9.71. The van der Waals surface area contributed by atoms with E-state index in [0.29, 0.717) is 22.8 Å². The highest BCUT2D eigenvalue weighted by atomic mass is 19.3. The Labute approximate surface area is 171 Å². The molecule has 2 aromatic rings. The van der Waals surface area contributed by atoms with Gasteiger partial charge in [-0.1, -0.05) is 5.16 Å². The number of aryl methyl sites for hydroxylation is 2. The number of nitrogens with one attached hydrogen (secondary N) is 1. The number of carbonyl (C=O) groups is 3. The van der Waals surface area contributed by atoms with Gasteiger partial charge in [-0.15, -0.1) is 0 Å². The van der Waals surface area contributed by atoms with Crippen molar-refractivity contribution in [1.82, 2.24) is 19.9 Å². The fourth-order valence-electron chi connectivity index (χ4n) is 4.29. The molecule has 1 spiro atoms. The predicted molar refractivity (Wildman–Crippen MR) is 101 cm³/mol. The Balaban J connectivity index is 1.55. The van der Waals surface area contributed by atoms with Crippen molar-refractivity contribution in [1.29, 1.82) is 0 Å². The summed E-state index contributed by atoms with van der Waals surface area (Å²) in [7, 11) is 0. The van der Waals surface area contributed by atoms with Crippen molar-refractivity contribution in [2.24, 2.45) is 0 Å². The van der Waals surface area contributed by atoms with E-state index in [1.807, 2.05) is 0 Å². The largest absolute Gasteiger partial charge is 0.360 e. The average Bonchev–Trinajstić information content (AvgIpc) is 3.29. The summed E-state index contributed by atoms with van der Waals surface area (Å²) < 4.78 is 33.9. The van der Waals surface area contributed by atoms with E-state index in [1.54, 1.807) is 37.5 Å². The number of nitrogens with zero attached hydrogens (tertiary/aromatic N) is 3. The van der Waals surface area contributed by atoms with E-state index in [9.17, 15) is 23.2 Å². The number of hydrogen-bond acceptors (Lipinski definition) is 5. The first-order chi connectivity index (χ1) is 14.0. The van der Waals surface area contributed by atoms with Crippen molar-refractivity contribution in [3.05, 3.63) is 34.8 Å². The molecule has 1 aliphatic carbocycles. The number of halogens is 2. The van der Waals surface area contributed by atoms with Crippen LogP contribution in [0.1, 0.15) is 53.2 Å². The number of ketones is 1. The van der Waals surface area contributed by atoms with Crippen LogP contribution in [0.25, 0.3) is 5.82 Å². The summed E-state index contributed by atoms with van der Waals surface area (Å²) in [6.45, 7) is 4.84. The minimum Gasteiger partial charge on any atom is -0.360 e. The van der Waals surface area contributed by atoms with Gasteiger partial charge in [0.05, 0.1) is 6.54 Å². The molecule has 2 aliphatic rings. The quantitative estimate of drug-likeness (QED) is 0.606. The molecule has 1 N–H and O–H groups in total. The zero-order chi connectivity index (χ0) is 21.8.